The topological polar surface area (TPSA) is 37.3 Å². The van der Waals surface area contributed by atoms with Gasteiger partial charge in [0.15, 0.2) is 0 Å². The molecule has 1 aliphatic rings. The van der Waals surface area contributed by atoms with E-state index in [1.54, 1.807) is 23.1 Å². The van der Waals surface area contributed by atoms with Gasteiger partial charge in [0.25, 0.3) is 0 Å². The first-order valence-electron chi connectivity index (χ1n) is 6.64. The van der Waals surface area contributed by atoms with Crippen LogP contribution >= 0.6 is 0 Å². The molecule has 2 amide bonds. The molecule has 0 radical (unpaired) electrons. The lowest BCUT2D eigenvalue weighted by atomic mass is 10.1. The fourth-order valence-electron chi connectivity index (χ4n) is 2.61. The van der Waals surface area contributed by atoms with E-state index in [2.05, 4.69) is 9.88 Å². The standard InChI is InChI=1S/C15H16FN3O/c1-11-14-7-4-8-18(14)9-10-19(11)15(20)17-13-6-3-2-5-12(13)16/h2-8,11H,9-10H2,1H3,(H,17,20). The number of hydrogen-bond acceptors (Lipinski definition) is 1. The molecule has 2 aromatic rings. The lowest BCUT2D eigenvalue weighted by Crippen LogP contribution is -2.43. The number of urea groups is 1. The molecule has 104 valence electrons. The van der Waals surface area contributed by atoms with Crippen LogP contribution in [0.4, 0.5) is 14.9 Å². The zero-order valence-corrected chi connectivity index (χ0v) is 11.2. The van der Waals surface area contributed by atoms with E-state index in [0.29, 0.717) is 6.54 Å². The first-order chi connectivity index (χ1) is 9.66. The number of carbonyl (C=O) groups is 1. The molecule has 1 unspecified atom stereocenters. The molecule has 5 heteroatoms. The molecule has 0 bridgehead atoms. The Kier molecular flexibility index (Phi) is 3.18. The molecule has 3 rings (SSSR count). The zero-order valence-electron chi connectivity index (χ0n) is 11.2. The van der Waals surface area contributed by atoms with Crippen molar-refractivity contribution in [2.24, 2.45) is 0 Å². The van der Waals surface area contributed by atoms with E-state index in [0.717, 1.165) is 12.2 Å². The van der Waals surface area contributed by atoms with Crippen molar-refractivity contribution >= 4 is 11.7 Å². The predicted molar refractivity (Wildman–Crippen MR) is 75.0 cm³/mol. The van der Waals surface area contributed by atoms with Gasteiger partial charge in [-0.2, -0.15) is 0 Å². The van der Waals surface area contributed by atoms with Crippen LogP contribution < -0.4 is 5.32 Å². The fraction of sp³-hybridized carbons (Fsp3) is 0.267. The maximum Gasteiger partial charge on any atom is 0.322 e. The molecular weight excluding hydrogens is 257 g/mol. The molecule has 4 nitrogen and oxygen atoms in total. The Morgan fingerprint density at radius 3 is 2.85 bits per heavy atom. The zero-order chi connectivity index (χ0) is 14.1. The minimum atomic E-state index is -0.422. The van der Waals surface area contributed by atoms with E-state index in [4.69, 9.17) is 0 Å². The molecule has 2 heterocycles. The van der Waals surface area contributed by atoms with Crippen LogP contribution in [0, 0.1) is 5.82 Å². The summed E-state index contributed by atoms with van der Waals surface area (Å²) in [5.41, 5.74) is 1.31. The summed E-state index contributed by atoms with van der Waals surface area (Å²) < 4.78 is 15.7. The summed E-state index contributed by atoms with van der Waals surface area (Å²) in [7, 11) is 0. The van der Waals surface area contributed by atoms with Gasteiger partial charge in [0.2, 0.25) is 0 Å². The van der Waals surface area contributed by atoms with E-state index < -0.39 is 5.82 Å². The van der Waals surface area contributed by atoms with Crippen molar-refractivity contribution in [1.29, 1.82) is 0 Å². The summed E-state index contributed by atoms with van der Waals surface area (Å²) in [5.74, 6) is -0.422. The number of benzene rings is 1. The maximum atomic E-state index is 13.6. The van der Waals surface area contributed by atoms with Gasteiger partial charge in [-0.25, -0.2) is 9.18 Å². The predicted octanol–water partition coefficient (Wildman–Crippen LogP) is 3.24. The van der Waals surface area contributed by atoms with Gasteiger partial charge in [0.05, 0.1) is 11.7 Å². The Morgan fingerprint density at radius 2 is 2.05 bits per heavy atom. The van der Waals surface area contributed by atoms with Crippen molar-refractivity contribution in [1.82, 2.24) is 9.47 Å². The van der Waals surface area contributed by atoms with Crippen molar-refractivity contribution in [2.75, 3.05) is 11.9 Å². The number of rotatable bonds is 1. The number of para-hydroxylation sites is 1. The van der Waals surface area contributed by atoms with Gasteiger partial charge in [-0.05, 0) is 31.2 Å². The highest BCUT2D eigenvalue weighted by Crippen LogP contribution is 2.26. The fourth-order valence-corrected chi connectivity index (χ4v) is 2.61. The molecule has 1 aromatic carbocycles. The van der Waals surface area contributed by atoms with Crippen molar-refractivity contribution < 1.29 is 9.18 Å². The molecule has 0 spiro atoms. The van der Waals surface area contributed by atoms with Crippen molar-refractivity contribution in [3.05, 3.63) is 54.1 Å². The second-order valence-electron chi connectivity index (χ2n) is 4.91. The Morgan fingerprint density at radius 1 is 1.25 bits per heavy atom. The third-order valence-corrected chi connectivity index (χ3v) is 3.72. The van der Waals surface area contributed by atoms with Crippen LogP contribution in [0.1, 0.15) is 18.7 Å². The smallest absolute Gasteiger partial charge is 0.322 e. The highest BCUT2D eigenvalue weighted by molar-refractivity contribution is 5.89. The lowest BCUT2D eigenvalue weighted by Gasteiger charge is -2.34. The van der Waals surface area contributed by atoms with Crippen LogP contribution in [-0.4, -0.2) is 22.0 Å². The number of nitrogens with one attached hydrogen (secondary N) is 1. The molecular formula is C15H16FN3O. The van der Waals surface area contributed by atoms with Crippen LogP contribution in [0.15, 0.2) is 42.6 Å². The monoisotopic (exact) mass is 273 g/mol. The normalized spacial score (nSPS) is 17.7. The second kappa shape index (κ2) is 5.00. The summed E-state index contributed by atoms with van der Waals surface area (Å²) in [6.45, 7) is 3.35. The van der Waals surface area contributed by atoms with E-state index >= 15 is 0 Å². The molecule has 0 fully saturated rings. The number of carbonyl (C=O) groups excluding carboxylic acids is 1. The summed E-state index contributed by atoms with van der Waals surface area (Å²) in [6, 6.07) is 9.88. The SMILES string of the molecule is CC1c2cccn2CCN1C(=O)Nc1ccccc1F. The third-order valence-electron chi connectivity index (χ3n) is 3.72. The van der Waals surface area contributed by atoms with Crippen molar-refractivity contribution in [3.8, 4) is 0 Å². The Bertz CT molecular complexity index is 638. The van der Waals surface area contributed by atoms with Crippen LogP contribution in [0.3, 0.4) is 0 Å². The number of amides is 2. The molecule has 0 saturated heterocycles. The van der Waals surface area contributed by atoms with Crippen LogP contribution in [0.2, 0.25) is 0 Å². The first kappa shape index (κ1) is 12.7. The molecule has 1 atom stereocenters. The van der Waals surface area contributed by atoms with Crippen molar-refractivity contribution in [2.45, 2.75) is 19.5 Å². The second-order valence-corrected chi connectivity index (χ2v) is 4.91. The summed E-state index contributed by atoms with van der Waals surface area (Å²) in [5, 5.41) is 2.64. The van der Waals surface area contributed by atoms with Gasteiger partial charge < -0.3 is 14.8 Å². The van der Waals surface area contributed by atoms with E-state index in [9.17, 15) is 9.18 Å². The molecule has 1 aromatic heterocycles. The number of fused-ring (bicyclic) bond motifs is 1. The number of nitrogens with zero attached hydrogens (tertiary/aromatic N) is 2. The van der Waals surface area contributed by atoms with Crippen LogP contribution in [0.25, 0.3) is 0 Å². The van der Waals surface area contributed by atoms with Gasteiger partial charge in [0, 0.05) is 25.0 Å². The van der Waals surface area contributed by atoms with E-state index in [-0.39, 0.29) is 17.8 Å². The van der Waals surface area contributed by atoms with Crippen LogP contribution in [-0.2, 0) is 6.54 Å². The number of anilines is 1. The minimum absolute atomic E-state index is 0.0227. The van der Waals surface area contributed by atoms with Gasteiger partial charge in [0.1, 0.15) is 5.82 Å². The Balaban J connectivity index is 1.77. The Hall–Kier alpha value is -2.30. The maximum absolute atomic E-state index is 13.6. The molecule has 0 aliphatic carbocycles. The molecule has 1 aliphatic heterocycles. The largest absolute Gasteiger partial charge is 0.348 e. The van der Waals surface area contributed by atoms with Crippen LogP contribution in [0.5, 0.6) is 0 Å². The molecule has 1 N–H and O–H groups in total. The van der Waals surface area contributed by atoms with Gasteiger partial charge in [-0.1, -0.05) is 12.1 Å². The average molecular weight is 273 g/mol. The minimum Gasteiger partial charge on any atom is -0.348 e. The third kappa shape index (κ3) is 2.15. The van der Waals surface area contributed by atoms with Gasteiger partial charge >= 0.3 is 6.03 Å². The summed E-state index contributed by atoms with van der Waals surface area (Å²) in [4.78, 5) is 14.0. The highest BCUT2D eigenvalue weighted by Gasteiger charge is 2.27. The first-order valence-corrected chi connectivity index (χ1v) is 6.64. The van der Waals surface area contributed by atoms with Gasteiger partial charge in [-0.3, -0.25) is 0 Å². The lowest BCUT2D eigenvalue weighted by molar-refractivity contribution is 0.175. The average Bonchev–Trinajstić information content (AvgIpc) is 2.91. The number of halogens is 1. The molecule has 20 heavy (non-hydrogen) atoms. The highest BCUT2D eigenvalue weighted by atomic mass is 19.1. The van der Waals surface area contributed by atoms with E-state index in [1.807, 2.05) is 25.3 Å². The van der Waals surface area contributed by atoms with Crippen molar-refractivity contribution in [3.63, 3.8) is 0 Å². The number of aromatic nitrogens is 1. The van der Waals surface area contributed by atoms with E-state index in [1.165, 1.54) is 6.07 Å². The Labute approximate surface area is 116 Å². The summed E-state index contributed by atoms with van der Waals surface area (Å²) in [6.07, 6.45) is 2.01. The van der Waals surface area contributed by atoms with Gasteiger partial charge in [-0.15, -0.1) is 0 Å². The number of hydrogen-bond donors (Lipinski definition) is 1. The molecule has 0 saturated carbocycles. The summed E-state index contributed by atoms with van der Waals surface area (Å²) >= 11 is 0. The quantitative estimate of drug-likeness (QED) is 0.851.